The molecule has 2 amide bonds. The number of amides is 2. The van der Waals surface area contributed by atoms with Gasteiger partial charge in [-0.05, 0) is 116 Å². The Kier molecular flexibility index (Phi) is 15.7. The molecule has 0 bridgehead atoms. The Labute approximate surface area is 439 Å². The number of hydrogen-bond acceptors (Lipinski definition) is 9. The Morgan fingerprint density at radius 2 is 1.06 bits per heavy atom. The van der Waals surface area contributed by atoms with Crippen molar-refractivity contribution in [2.75, 3.05) is 33.4 Å². The van der Waals surface area contributed by atoms with Crippen LogP contribution in [0.5, 0.6) is 5.75 Å². The molecule has 5 aromatic carbocycles. The van der Waals surface area contributed by atoms with Gasteiger partial charge in [0, 0.05) is 69.7 Å². The molecule has 0 fully saturated rings. The van der Waals surface area contributed by atoms with Gasteiger partial charge >= 0.3 is 11.9 Å². The maximum absolute atomic E-state index is 14.1. The topological polar surface area (TPSA) is 149 Å². The highest BCUT2D eigenvalue weighted by atomic mass is 19.2. The second-order valence-electron chi connectivity index (χ2n) is 19.3. The Bertz CT molecular complexity index is 3460. The lowest BCUT2D eigenvalue weighted by Gasteiger charge is -2.30. The molecule has 77 heavy (non-hydrogen) atoms. The summed E-state index contributed by atoms with van der Waals surface area (Å²) in [5.41, 5.74) is 3.58. The summed E-state index contributed by atoms with van der Waals surface area (Å²) in [6.07, 6.45) is 2.69. The Hall–Kier alpha value is -8.74. The molecule has 0 unspecified atom stereocenters. The smallest absolute Gasteiger partial charge is 0.341 e. The van der Waals surface area contributed by atoms with Crippen LogP contribution in [0.1, 0.15) is 90.3 Å². The van der Waals surface area contributed by atoms with Gasteiger partial charge in [-0.2, -0.15) is 10.2 Å². The molecule has 0 spiro atoms. The van der Waals surface area contributed by atoms with E-state index in [2.05, 4.69) is 10.2 Å². The van der Waals surface area contributed by atoms with Crippen LogP contribution in [0.25, 0.3) is 33.7 Å². The first-order valence-electron chi connectivity index (χ1n) is 24.3. The van der Waals surface area contributed by atoms with Gasteiger partial charge in [-0.25, -0.2) is 35.9 Å². The predicted molar refractivity (Wildman–Crippen MR) is 274 cm³/mol. The average Bonchev–Trinajstić information content (AvgIpc) is 4.06. The summed E-state index contributed by atoms with van der Waals surface area (Å²) < 4.78 is 100. The Balaban J connectivity index is 0.000000209. The van der Waals surface area contributed by atoms with Crippen molar-refractivity contribution in [3.63, 3.8) is 0 Å². The fourth-order valence-electron chi connectivity index (χ4n) is 9.33. The van der Waals surface area contributed by atoms with Crippen LogP contribution in [0.4, 0.5) is 26.3 Å². The van der Waals surface area contributed by atoms with Crippen LogP contribution in [0.2, 0.25) is 0 Å². The van der Waals surface area contributed by atoms with Gasteiger partial charge in [-0.1, -0.05) is 39.8 Å². The van der Waals surface area contributed by atoms with E-state index in [0.29, 0.717) is 57.3 Å². The largest absolute Gasteiger partial charge is 0.497 e. The van der Waals surface area contributed by atoms with Crippen LogP contribution in [-0.4, -0.2) is 86.9 Å². The molecule has 13 nitrogen and oxygen atoms in total. The van der Waals surface area contributed by atoms with Crippen molar-refractivity contribution in [2.24, 2.45) is 0 Å². The second-order valence-corrected chi connectivity index (χ2v) is 19.3. The van der Waals surface area contributed by atoms with Crippen LogP contribution in [-0.2, 0) is 36.4 Å². The molecule has 7 aromatic rings. The third-order valence-electron chi connectivity index (χ3n) is 12.9. The summed E-state index contributed by atoms with van der Waals surface area (Å²) in [4.78, 5) is 55.8. The fourth-order valence-corrected chi connectivity index (χ4v) is 9.33. The van der Waals surface area contributed by atoms with Crippen molar-refractivity contribution in [1.82, 2.24) is 29.8 Å². The second kappa shape index (κ2) is 22.2. The number of ether oxygens (including phenoxy) is 3. The maximum Gasteiger partial charge on any atom is 0.341 e. The van der Waals surface area contributed by atoms with Gasteiger partial charge in [-0.3, -0.25) is 19.4 Å². The number of carbonyl (C=O) groups excluding carboxylic acids is 4. The molecule has 4 heterocycles. The number of esters is 2. The van der Waals surface area contributed by atoms with Crippen molar-refractivity contribution >= 4 is 34.9 Å². The zero-order valence-corrected chi connectivity index (χ0v) is 42.9. The van der Waals surface area contributed by atoms with Crippen molar-refractivity contribution in [1.29, 1.82) is 0 Å². The van der Waals surface area contributed by atoms with E-state index < -0.39 is 69.5 Å². The lowest BCUT2D eigenvalue weighted by Crippen LogP contribution is -2.37. The molecule has 19 heteroatoms. The van der Waals surface area contributed by atoms with Crippen molar-refractivity contribution in [2.45, 2.75) is 58.9 Å². The molecule has 2 aliphatic rings. The molecule has 0 radical (unpaired) electrons. The van der Waals surface area contributed by atoms with E-state index in [9.17, 15) is 45.5 Å². The number of methoxy groups -OCH3 is 1. The first kappa shape index (κ1) is 54.5. The minimum atomic E-state index is -1.16. The van der Waals surface area contributed by atoms with Crippen LogP contribution >= 0.6 is 0 Å². The summed E-state index contributed by atoms with van der Waals surface area (Å²) in [6.45, 7) is 11.5. The van der Waals surface area contributed by atoms with Crippen LogP contribution < -0.4 is 4.74 Å². The third-order valence-corrected chi connectivity index (χ3v) is 12.9. The standard InChI is InChI=1S/C33H30F3N3O4.C25H22F3N3O3/c1-5-43-32(41)25-18-38(31(40)22-10-15-26(35)27(36)16-22)19-33(2,3)28-29(25)37-39(17-20-6-13-24(42-4)14-7-20)30(28)21-8-11-23(34)12-9-21;1-4-34-24(33)17-12-31(23(32)15-7-10-18(27)19(28)11-15)13-25(2,3)20-21(29-30-22(17)20)14-5-8-16(26)9-6-14/h6-16,18H,5,17,19H2,1-4H3;5-12H,4,13H2,1-3H3,(H,29,30). The van der Waals surface area contributed by atoms with Gasteiger partial charge in [-0.15, -0.1) is 0 Å². The first-order chi connectivity index (χ1) is 36.6. The van der Waals surface area contributed by atoms with Gasteiger partial charge in [0.25, 0.3) is 11.8 Å². The van der Waals surface area contributed by atoms with E-state index in [1.165, 1.54) is 58.6 Å². The van der Waals surface area contributed by atoms with E-state index in [4.69, 9.17) is 19.3 Å². The molecule has 9 rings (SSSR count). The number of rotatable bonds is 11. The van der Waals surface area contributed by atoms with Crippen molar-refractivity contribution in [3.8, 4) is 28.3 Å². The molecule has 2 aromatic heterocycles. The van der Waals surface area contributed by atoms with E-state index in [1.807, 2.05) is 52.0 Å². The SMILES string of the molecule is CCOC(=O)C1=CN(C(=O)c2ccc(F)c(F)c2)CC(C)(C)c2c(-c3ccc(F)cc3)n[nH]c21.CCOC(=O)C1=CN(C(=O)c2ccc(F)c(F)c2)CC(C)(C)c2c1nn(Cc1ccc(OC)cc1)c2-c1ccc(F)cc1. The zero-order chi connectivity index (χ0) is 55.5. The summed E-state index contributed by atoms with van der Waals surface area (Å²) in [6, 6.07) is 24.9. The number of H-pyrrole nitrogens is 1. The molecular formula is C58H52F6N6O7. The summed E-state index contributed by atoms with van der Waals surface area (Å²) >= 11 is 0. The van der Waals surface area contributed by atoms with Crippen molar-refractivity contribution in [3.05, 3.63) is 196 Å². The van der Waals surface area contributed by atoms with Gasteiger partial charge in [0.1, 0.15) is 34.2 Å². The average molecular weight is 1060 g/mol. The quantitative estimate of drug-likeness (QED) is 0.0987. The minimum absolute atomic E-state index is 0.0233. The fraction of sp³-hybridized carbons (Fsp3) is 0.241. The third kappa shape index (κ3) is 11.4. The monoisotopic (exact) mass is 1060 g/mol. The lowest BCUT2D eigenvalue weighted by atomic mass is 9.80. The highest BCUT2D eigenvalue weighted by molar-refractivity contribution is 6.18. The number of hydrogen-bond donors (Lipinski definition) is 1. The van der Waals surface area contributed by atoms with Gasteiger partial charge in [0.05, 0.1) is 44.0 Å². The number of fused-ring (bicyclic) bond motifs is 2. The number of aromatic nitrogens is 4. The lowest BCUT2D eigenvalue weighted by molar-refractivity contribution is -0.137. The molecule has 0 aliphatic carbocycles. The summed E-state index contributed by atoms with van der Waals surface area (Å²) in [5.74, 6) is -7.21. The Morgan fingerprint density at radius 3 is 1.56 bits per heavy atom. The van der Waals surface area contributed by atoms with E-state index in [1.54, 1.807) is 49.9 Å². The molecular weight excluding hydrogens is 1010 g/mol. The number of nitrogens with one attached hydrogen (secondary N) is 1. The predicted octanol–water partition coefficient (Wildman–Crippen LogP) is 11.2. The number of carbonyl (C=O) groups is 4. The first-order valence-corrected chi connectivity index (χ1v) is 24.3. The summed E-state index contributed by atoms with van der Waals surface area (Å²) in [7, 11) is 1.58. The van der Waals surface area contributed by atoms with E-state index in [0.717, 1.165) is 29.8 Å². The van der Waals surface area contributed by atoms with Crippen LogP contribution in [0.3, 0.4) is 0 Å². The number of aromatic amines is 1. The zero-order valence-electron chi connectivity index (χ0n) is 42.9. The highest BCUT2D eigenvalue weighted by Crippen LogP contribution is 2.44. The number of halogens is 6. The van der Waals surface area contributed by atoms with Crippen LogP contribution in [0.15, 0.2) is 122 Å². The van der Waals surface area contributed by atoms with Gasteiger partial charge in [0.15, 0.2) is 23.3 Å². The number of nitrogens with zero attached hydrogens (tertiary/aromatic N) is 5. The van der Waals surface area contributed by atoms with E-state index >= 15 is 0 Å². The molecule has 0 atom stereocenters. The molecule has 1 N–H and O–H groups in total. The minimum Gasteiger partial charge on any atom is -0.497 e. The molecule has 398 valence electrons. The molecule has 2 aliphatic heterocycles. The highest BCUT2D eigenvalue weighted by Gasteiger charge is 2.42. The summed E-state index contributed by atoms with van der Waals surface area (Å²) in [5, 5.41) is 12.2. The van der Waals surface area contributed by atoms with Crippen molar-refractivity contribution < 1.29 is 59.7 Å². The molecule has 0 saturated carbocycles. The van der Waals surface area contributed by atoms with Gasteiger partial charge in [0.2, 0.25) is 0 Å². The maximum atomic E-state index is 14.1. The molecule has 0 saturated heterocycles. The Morgan fingerprint density at radius 1 is 0.584 bits per heavy atom. The number of benzene rings is 5. The van der Waals surface area contributed by atoms with Gasteiger partial charge < -0.3 is 24.0 Å². The van der Waals surface area contributed by atoms with E-state index in [-0.39, 0.29) is 48.6 Å². The van der Waals surface area contributed by atoms with Crippen LogP contribution in [0, 0.1) is 34.9 Å². The normalized spacial score (nSPS) is 14.4.